The molecule has 66 valence electrons. The monoisotopic (exact) mass is 170 g/mol. The lowest BCUT2D eigenvalue weighted by atomic mass is 10.0. The highest BCUT2D eigenvalue weighted by molar-refractivity contribution is 6.39. The van der Waals surface area contributed by atoms with E-state index in [2.05, 4.69) is 0 Å². The molecule has 1 atom stereocenters. The first-order valence-electron chi connectivity index (χ1n) is 3.56. The summed E-state index contributed by atoms with van der Waals surface area (Å²) in [5.74, 6) is -1.83. The SMILES string of the molecule is CC(C=O)CC(=O)C(=O)CC=O. The fourth-order valence-electron chi connectivity index (χ4n) is 0.644. The molecular formula is C8H10O4. The Morgan fingerprint density at radius 2 is 1.83 bits per heavy atom. The summed E-state index contributed by atoms with van der Waals surface area (Å²) in [6, 6.07) is 0. The van der Waals surface area contributed by atoms with E-state index in [0.29, 0.717) is 12.6 Å². The number of carbonyl (C=O) groups excluding carboxylic acids is 4. The van der Waals surface area contributed by atoms with Crippen molar-refractivity contribution in [1.29, 1.82) is 0 Å². The summed E-state index contributed by atoms with van der Waals surface area (Å²) in [6.45, 7) is 1.54. The van der Waals surface area contributed by atoms with Crippen molar-refractivity contribution in [1.82, 2.24) is 0 Å². The van der Waals surface area contributed by atoms with Gasteiger partial charge in [-0.05, 0) is 0 Å². The highest BCUT2D eigenvalue weighted by Gasteiger charge is 2.15. The molecule has 0 amide bonds. The third-order valence-electron chi connectivity index (χ3n) is 1.32. The molecule has 0 heterocycles. The molecule has 1 unspecified atom stereocenters. The lowest BCUT2D eigenvalue weighted by Crippen LogP contribution is -2.17. The van der Waals surface area contributed by atoms with Gasteiger partial charge in [0.25, 0.3) is 0 Å². The average molecular weight is 170 g/mol. The summed E-state index contributed by atoms with van der Waals surface area (Å²) in [7, 11) is 0. The molecule has 0 aromatic carbocycles. The molecule has 0 spiro atoms. The second kappa shape index (κ2) is 5.35. The van der Waals surface area contributed by atoms with Crippen molar-refractivity contribution < 1.29 is 19.2 Å². The third-order valence-corrected chi connectivity index (χ3v) is 1.32. The van der Waals surface area contributed by atoms with Crippen LogP contribution in [0.2, 0.25) is 0 Å². The molecule has 0 aliphatic heterocycles. The van der Waals surface area contributed by atoms with E-state index >= 15 is 0 Å². The van der Waals surface area contributed by atoms with E-state index in [1.54, 1.807) is 6.92 Å². The van der Waals surface area contributed by atoms with Gasteiger partial charge in [-0.15, -0.1) is 0 Å². The number of hydrogen-bond donors (Lipinski definition) is 0. The molecule has 0 fully saturated rings. The summed E-state index contributed by atoms with van der Waals surface area (Å²) in [4.78, 5) is 41.5. The maximum atomic E-state index is 10.8. The first-order valence-corrected chi connectivity index (χ1v) is 3.56. The molecular weight excluding hydrogens is 160 g/mol. The van der Waals surface area contributed by atoms with Crippen LogP contribution in [0, 0.1) is 5.92 Å². The van der Waals surface area contributed by atoms with Gasteiger partial charge in [0.05, 0.1) is 6.42 Å². The number of hydrogen-bond acceptors (Lipinski definition) is 4. The number of rotatable bonds is 6. The van der Waals surface area contributed by atoms with Gasteiger partial charge < -0.3 is 9.59 Å². The highest BCUT2D eigenvalue weighted by atomic mass is 16.2. The van der Waals surface area contributed by atoms with Gasteiger partial charge >= 0.3 is 0 Å². The summed E-state index contributed by atoms with van der Waals surface area (Å²) in [5, 5.41) is 0. The van der Waals surface area contributed by atoms with Crippen molar-refractivity contribution in [2.45, 2.75) is 19.8 Å². The van der Waals surface area contributed by atoms with Crippen LogP contribution in [-0.4, -0.2) is 24.1 Å². The predicted octanol–water partition coefficient (Wildman–Crippen LogP) is -0.0613. The first-order chi connectivity index (χ1) is 5.61. The minimum atomic E-state index is -0.723. The smallest absolute Gasteiger partial charge is 0.205 e. The van der Waals surface area contributed by atoms with E-state index in [1.165, 1.54) is 0 Å². The Hall–Kier alpha value is -1.32. The number of aldehydes is 2. The quantitative estimate of drug-likeness (QED) is 0.318. The van der Waals surface area contributed by atoms with Crippen LogP contribution in [0.25, 0.3) is 0 Å². The van der Waals surface area contributed by atoms with Crippen LogP contribution in [0.15, 0.2) is 0 Å². The van der Waals surface area contributed by atoms with E-state index < -0.39 is 17.5 Å². The molecule has 0 radical (unpaired) electrons. The molecule has 0 saturated heterocycles. The number of ketones is 2. The zero-order valence-corrected chi connectivity index (χ0v) is 6.78. The molecule has 0 rings (SSSR count). The second-order valence-electron chi connectivity index (χ2n) is 2.53. The zero-order valence-electron chi connectivity index (χ0n) is 6.78. The number of Topliss-reactive ketones (excluding diaryl/α,β-unsaturated/α-hetero) is 2. The lowest BCUT2D eigenvalue weighted by molar-refractivity contribution is -0.138. The van der Waals surface area contributed by atoms with Gasteiger partial charge in [0.2, 0.25) is 5.78 Å². The minimum absolute atomic E-state index is 0.101. The molecule has 0 saturated carbocycles. The molecule has 12 heavy (non-hydrogen) atoms. The summed E-state index contributed by atoms with van der Waals surface area (Å²) in [6.07, 6.45) is 0.498. The number of carbonyl (C=O) groups is 4. The van der Waals surface area contributed by atoms with Crippen LogP contribution in [-0.2, 0) is 19.2 Å². The average Bonchev–Trinajstić information content (AvgIpc) is 2.04. The Morgan fingerprint density at radius 3 is 2.25 bits per heavy atom. The zero-order chi connectivity index (χ0) is 9.56. The van der Waals surface area contributed by atoms with Crippen LogP contribution < -0.4 is 0 Å². The Labute approximate surface area is 69.9 Å². The van der Waals surface area contributed by atoms with Gasteiger partial charge in [-0.25, -0.2) is 0 Å². The molecule has 0 aliphatic carbocycles. The Kier molecular flexibility index (Phi) is 4.76. The van der Waals surface area contributed by atoms with Crippen molar-refractivity contribution in [3.8, 4) is 0 Å². The fraction of sp³-hybridized carbons (Fsp3) is 0.500. The van der Waals surface area contributed by atoms with Crippen LogP contribution in [0.1, 0.15) is 19.8 Å². The maximum Gasteiger partial charge on any atom is 0.205 e. The van der Waals surface area contributed by atoms with E-state index in [9.17, 15) is 19.2 Å². The van der Waals surface area contributed by atoms with Gasteiger partial charge in [0, 0.05) is 12.3 Å². The predicted molar refractivity (Wildman–Crippen MR) is 40.5 cm³/mol. The molecule has 4 nitrogen and oxygen atoms in total. The van der Waals surface area contributed by atoms with Crippen LogP contribution in [0.3, 0.4) is 0 Å². The minimum Gasteiger partial charge on any atom is -0.303 e. The second-order valence-corrected chi connectivity index (χ2v) is 2.53. The molecule has 4 heteroatoms. The topological polar surface area (TPSA) is 68.3 Å². The standard InChI is InChI=1S/C8H10O4/c1-6(5-10)4-8(12)7(11)2-3-9/h3,5-6H,2,4H2,1H3. The lowest BCUT2D eigenvalue weighted by Gasteiger charge is -1.98. The Morgan fingerprint density at radius 1 is 1.25 bits per heavy atom. The summed E-state index contributed by atoms with van der Waals surface area (Å²) < 4.78 is 0. The molecule has 0 aromatic rings. The summed E-state index contributed by atoms with van der Waals surface area (Å²) in [5.41, 5.74) is 0. The van der Waals surface area contributed by atoms with E-state index in [4.69, 9.17) is 0 Å². The molecule has 0 aliphatic rings. The van der Waals surface area contributed by atoms with Gasteiger partial charge in [-0.2, -0.15) is 0 Å². The van der Waals surface area contributed by atoms with Crippen LogP contribution >= 0.6 is 0 Å². The van der Waals surface area contributed by atoms with Crippen LogP contribution in [0.4, 0.5) is 0 Å². The van der Waals surface area contributed by atoms with Crippen LogP contribution in [0.5, 0.6) is 0 Å². The van der Waals surface area contributed by atoms with E-state index in [0.717, 1.165) is 0 Å². The maximum absolute atomic E-state index is 10.8. The highest BCUT2D eigenvalue weighted by Crippen LogP contribution is 1.99. The van der Waals surface area contributed by atoms with Crippen molar-refractivity contribution >= 4 is 24.1 Å². The summed E-state index contributed by atoms with van der Waals surface area (Å²) >= 11 is 0. The molecule has 0 bridgehead atoms. The van der Waals surface area contributed by atoms with Gasteiger partial charge in [-0.3, -0.25) is 9.59 Å². The largest absolute Gasteiger partial charge is 0.303 e. The molecule has 0 aromatic heterocycles. The Bertz CT molecular complexity index is 207. The first kappa shape index (κ1) is 10.7. The fourth-order valence-corrected chi connectivity index (χ4v) is 0.644. The van der Waals surface area contributed by atoms with E-state index in [-0.39, 0.29) is 12.8 Å². The van der Waals surface area contributed by atoms with Gasteiger partial charge in [-0.1, -0.05) is 6.92 Å². The third kappa shape index (κ3) is 3.75. The van der Waals surface area contributed by atoms with Crippen molar-refractivity contribution in [3.05, 3.63) is 0 Å². The van der Waals surface area contributed by atoms with Gasteiger partial charge in [0.15, 0.2) is 5.78 Å². The van der Waals surface area contributed by atoms with Crippen molar-refractivity contribution in [3.63, 3.8) is 0 Å². The van der Waals surface area contributed by atoms with E-state index in [1.807, 2.05) is 0 Å². The van der Waals surface area contributed by atoms with Gasteiger partial charge in [0.1, 0.15) is 12.6 Å². The van der Waals surface area contributed by atoms with Crippen molar-refractivity contribution in [2.75, 3.05) is 0 Å². The Balaban J connectivity index is 3.94. The normalized spacial score (nSPS) is 11.8. The molecule has 0 N–H and O–H groups in total. The van der Waals surface area contributed by atoms with Crippen molar-refractivity contribution in [2.24, 2.45) is 5.92 Å².